The van der Waals surface area contributed by atoms with Crippen LogP contribution >= 0.6 is 0 Å². The second-order valence-electron chi connectivity index (χ2n) is 6.56. The molecule has 0 saturated heterocycles. The minimum atomic E-state index is 0. The lowest BCUT2D eigenvalue weighted by Crippen LogP contribution is -3.00. The summed E-state index contributed by atoms with van der Waals surface area (Å²) in [5.41, 5.74) is 0.699. The van der Waals surface area contributed by atoms with Crippen molar-refractivity contribution >= 4 is 0 Å². The average Bonchev–Trinajstić information content (AvgIpc) is 2.15. The Kier molecular flexibility index (Phi) is 3.57. The molecule has 0 radical (unpaired) electrons. The molecular weight excluding hydrogens is 218 g/mol. The van der Waals surface area contributed by atoms with Crippen molar-refractivity contribution in [1.29, 1.82) is 0 Å². The van der Waals surface area contributed by atoms with E-state index >= 15 is 0 Å². The molecule has 1 unspecified atom stereocenters. The molecule has 0 amide bonds. The van der Waals surface area contributed by atoms with E-state index in [9.17, 15) is 0 Å². The largest absolute Gasteiger partial charge is 1.00 e. The van der Waals surface area contributed by atoms with Gasteiger partial charge >= 0.3 is 0 Å². The van der Waals surface area contributed by atoms with Crippen molar-refractivity contribution in [3.8, 4) is 0 Å². The molecule has 0 aromatic heterocycles. The van der Waals surface area contributed by atoms with Gasteiger partial charge in [0.15, 0.2) is 0 Å². The van der Waals surface area contributed by atoms with Crippen LogP contribution in [0.25, 0.3) is 0 Å². The van der Waals surface area contributed by atoms with Crippen molar-refractivity contribution < 1.29 is 12.4 Å². The molecule has 4 rings (SSSR count). The molecule has 0 aromatic carbocycles. The lowest BCUT2D eigenvalue weighted by atomic mass is 9.48. The van der Waals surface area contributed by atoms with E-state index in [1.54, 1.807) is 19.3 Å². The third-order valence-electron chi connectivity index (χ3n) is 5.51. The van der Waals surface area contributed by atoms with Crippen LogP contribution in [-0.4, -0.2) is 12.6 Å². The van der Waals surface area contributed by atoms with Gasteiger partial charge in [-0.25, -0.2) is 0 Å². The lowest BCUT2D eigenvalue weighted by Gasteiger charge is -2.59. The van der Waals surface area contributed by atoms with Crippen molar-refractivity contribution in [2.24, 2.45) is 23.2 Å². The minimum absolute atomic E-state index is 0. The smallest absolute Gasteiger partial charge is 0.00953 e. The van der Waals surface area contributed by atoms with Gasteiger partial charge < -0.3 is 17.7 Å². The summed E-state index contributed by atoms with van der Waals surface area (Å²) in [5, 5.41) is 3.70. The molecule has 1 nitrogen and oxygen atoms in total. The lowest BCUT2D eigenvalue weighted by molar-refractivity contribution is -0.0700. The maximum atomic E-state index is 3.70. The summed E-state index contributed by atoms with van der Waals surface area (Å²) in [6.45, 7) is 5.83. The van der Waals surface area contributed by atoms with Crippen LogP contribution in [0.5, 0.6) is 0 Å². The van der Waals surface area contributed by atoms with Crippen molar-refractivity contribution in [3.63, 3.8) is 0 Å². The topological polar surface area (TPSA) is 12.0 Å². The highest BCUT2D eigenvalue weighted by Gasteiger charge is 2.52. The molecule has 4 aliphatic carbocycles. The van der Waals surface area contributed by atoms with E-state index < -0.39 is 0 Å². The minimum Gasteiger partial charge on any atom is -1.00 e. The first-order valence-electron chi connectivity index (χ1n) is 6.95. The maximum Gasteiger partial charge on any atom is 0.00953 e. The molecule has 0 spiro atoms. The molecule has 2 heteroatoms. The van der Waals surface area contributed by atoms with Crippen LogP contribution in [0.1, 0.15) is 52.4 Å². The molecule has 0 aromatic rings. The third-order valence-corrected chi connectivity index (χ3v) is 5.51. The zero-order chi connectivity index (χ0) is 10.5. The van der Waals surface area contributed by atoms with Crippen molar-refractivity contribution in [3.05, 3.63) is 0 Å². The summed E-state index contributed by atoms with van der Waals surface area (Å²) in [6.07, 6.45) is 9.31. The van der Waals surface area contributed by atoms with Crippen LogP contribution in [0.4, 0.5) is 0 Å². The fourth-order valence-electron chi connectivity index (χ4n) is 5.23. The molecule has 1 N–H and O–H groups in total. The Bertz CT molecular complexity index is 216. The van der Waals surface area contributed by atoms with Crippen LogP contribution in [0.3, 0.4) is 0 Å². The summed E-state index contributed by atoms with van der Waals surface area (Å²) >= 11 is 0. The fourth-order valence-corrected chi connectivity index (χ4v) is 5.23. The molecule has 4 bridgehead atoms. The number of hydrogen-bond acceptors (Lipinski definition) is 1. The monoisotopic (exact) mass is 242 g/mol. The zero-order valence-corrected chi connectivity index (χ0v) is 11.4. The van der Waals surface area contributed by atoms with Crippen LogP contribution in [0, 0.1) is 23.2 Å². The summed E-state index contributed by atoms with van der Waals surface area (Å²) in [6, 6.07) is 0.760. The van der Waals surface area contributed by atoms with Crippen molar-refractivity contribution in [2.75, 3.05) is 6.54 Å². The van der Waals surface area contributed by atoms with Crippen LogP contribution in [0.2, 0.25) is 0 Å². The van der Waals surface area contributed by atoms with E-state index in [-0.39, 0.29) is 12.4 Å². The molecular formula is C14H25ClN-. The average molecular weight is 243 g/mol. The van der Waals surface area contributed by atoms with Gasteiger partial charge in [0.2, 0.25) is 0 Å². The molecule has 4 fully saturated rings. The van der Waals surface area contributed by atoms with Gasteiger partial charge in [0, 0.05) is 6.04 Å². The molecule has 4 saturated carbocycles. The SMILES string of the molecule is CCNC(C)C12CC3CC(CC(C3)C1)C2.[Cl-]. The van der Waals surface area contributed by atoms with Crippen molar-refractivity contribution in [2.45, 2.75) is 58.4 Å². The fraction of sp³-hybridized carbons (Fsp3) is 1.00. The zero-order valence-electron chi connectivity index (χ0n) is 10.6. The highest BCUT2D eigenvalue weighted by Crippen LogP contribution is 2.61. The molecule has 0 heterocycles. The summed E-state index contributed by atoms with van der Waals surface area (Å²) in [5.74, 6) is 3.28. The van der Waals surface area contributed by atoms with Crippen molar-refractivity contribution in [1.82, 2.24) is 5.32 Å². The van der Waals surface area contributed by atoms with Crippen LogP contribution in [0.15, 0.2) is 0 Å². The number of halogens is 1. The van der Waals surface area contributed by atoms with Gasteiger partial charge in [0.25, 0.3) is 0 Å². The van der Waals surface area contributed by atoms with Crippen LogP contribution < -0.4 is 17.7 Å². The second kappa shape index (κ2) is 4.49. The third kappa shape index (κ3) is 1.90. The predicted octanol–water partition coefficient (Wildman–Crippen LogP) is 0.205. The Morgan fingerprint density at radius 3 is 1.88 bits per heavy atom. The highest BCUT2D eigenvalue weighted by atomic mass is 35.5. The van der Waals surface area contributed by atoms with E-state index in [0.29, 0.717) is 5.41 Å². The second-order valence-corrected chi connectivity index (χ2v) is 6.56. The van der Waals surface area contributed by atoms with Gasteiger partial charge in [-0.05, 0) is 75.2 Å². The van der Waals surface area contributed by atoms with Gasteiger partial charge in [0.1, 0.15) is 0 Å². The van der Waals surface area contributed by atoms with Gasteiger partial charge in [-0.2, -0.15) is 0 Å². The first-order valence-corrected chi connectivity index (χ1v) is 6.95. The molecule has 1 atom stereocenters. The maximum absolute atomic E-state index is 3.70. The van der Waals surface area contributed by atoms with Gasteiger partial charge in [-0.1, -0.05) is 6.92 Å². The summed E-state index contributed by atoms with van der Waals surface area (Å²) < 4.78 is 0. The first kappa shape index (κ1) is 12.7. The Morgan fingerprint density at radius 1 is 1.06 bits per heavy atom. The molecule has 16 heavy (non-hydrogen) atoms. The number of hydrogen-bond donors (Lipinski definition) is 1. The molecule has 0 aliphatic heterocycles. The van der Waals surface area contributed by atoms with E-state index in [2.05, 4.69) is 19.2 Å². The Labute approximate surface area is 106 Å². The quantitative estimate of drug-likeness (QED) is 0.746. The van der Waals surface area contributed by atoms with Gasteiger partial charge in [-0.3, -0.25) is 0 Å². The first-order chi connectivity index (χ1) is 7.22. The van der Waals surface area contributed by atoms with E-state index in [1.807, 2.05) is 0 Å². The summed E-state index contributed by atoms with van der Waals surface area (Å²) in [4.78, 5) is 0. The number of nitrogens with one attached hydrogen (secondary N) is 1. The van der Waals surface area contributed by atoms with Crippen LogP contribution in [-0.2, 0) is 0 Å². The van der Waals surface area contributed by atoms with E-state index in [0.717, 1.165) is 30.3 Å². The van der Waals surface area contributed by atoms with Gasteiger partial charge in [-0.15, -0.1) is 0 Å². The van der Waals surface area contributed by atoms with E-state index in [4.69, 9.17) is 0 Å². The predicted molar refractivity (Wildman–Crippen MR) is 63.7 cm³/mol. The highest BCUT2D eigenvalue weighted by molar-refractivity contribution is 5.04. The van der Waals surface area contributed by atoms with Gasteiger partial charge in [0.05, 0.1) is 0 Å². The Hall–Kier alpha value is 0.250. The summed E-state index contributed by atoms with van der Waals surface area (Å²) in [7, 11) is 0. The van der Waals surface area contributed by atoms with E-state index in [1.165, 1.54) is 19.3 Å². The Balaban J connectivity index is 0.000000963. The normalized spacial score (nSPS) is 46.5. The standard InChI is InChI=1S/C14H25N.ClH/c1-3-15-10(2)14-7-11-4-12(8-14)6-13(5-11)9-14;/h10-13,15H,3-9H2,1-2H3;1H/p-1. The molecule has 94 valence electrons. The molecule has 4 aliphatic rings. The number of rotatable bonds is 3. The Morgan fingerprint density at radius 2 is 1.50 bits per heavy atom.